The lowest BCUT2D eigenvalue weighted by molar-refractivity contribution is -0.116. The third-order valence-electron chi connectivity index (χ3n) is 3.81. The number of rotatable bonds is 6. The quantitative estimate of drug-likeness (QED) is 0.634. The Morgan fingerprint density at radius 1 is 1.33 bits per heavy atom. The van der Waals surface area contributed by atoms with Gasteiger partial charge in [-0.3, -0.25) is 4.79 Å². The molecule has 1 saturated carbocycles. The summed E-state index contributed by atoms with van der Waals surface area (Å²) in [6, 6.07) is 5.75. The average molecular weight is 347 g/mol. The monoisotopic (exact) mass is 347 g/mol. The summed E-state index contributed by atoms with van der Waals surface area (Å²) in [6.45, 7) is 2.53. The first-order valence-electron chi connectivity index (χ1n) is 8.22. The van der Waals surface area contributed by atoms with Gasteiger partial charge in [0.25, 0.3) is 0 Å². The van der Waals surface area contributed by atoms with Gasteiger partial charge in [0, 0.05) is 0 Å². The molecule has 1 heterocycles. The molecule has 2 fully saturated rings. The number of benzene rings is 1. The molecule has 6 nitrogen and oxygen atoms in total. The van der Waals surface area contributed by atoms with Gasteiger partial charge in [0.1, 0.15) is 0 Å². The van der Waals surface area contributed by atoms with Crippen LogP contribution in [0.1, 0.15) is 38.2 Å². The number of ether oxygens (including phenoxy) is 2. The van der Waals surface area contributed by atoms with Crippen LogP contribution >= 0.6 is 11.8 Å². The summed E-state index contributed by atoms with van der Waals surface area (Å²) >= 11 is 1.35. The molecule has 1 N–H and O–H groups in total. The SMILES string of the molecule is CCOc1cc(C=NN=C2NC(=O)CS2)ccc1OC1CCCC1. The zero-order valence-electron chi connectivity index (χ0n) is 13.7. The first-order valence-corrected chi connectivity index (χ1v) is 9.20. The number of nitrogens with zero attached hydrogens (tertiary/aromatic N) is 2. The van der Waals surface area contributed by atoms with E-state index in [-0.39, 0.29) is 12.0 Å². The van der Waals surface area contributed by atoms with E-state index in [1.807, 2.05) is 25.1 Å². The highest BCUT2D eigenvalue weighted by atomic mass is 32.2. The summed E-state index contributed by atoms with van der Waals surface area (Å²) in [7, 11) is 0. The number of amidine groups is 1. The molecule has 0 spiro atoms. The second-order valence-electron chi connectivity index (χ2n) is 5.65. The Balaban J connectivity index is 1.69. The smallest absolute Gasteiger partial charge is 0.236 e. The van der Waals surface area contributed by atoms with Crippen molar-refractivity contribution in [2.75, 3.05) is 12.4 Å². The minimum Gasteiger partial charge on any atom is -0.490 e. The highest BCUT2D eigenvalue weighted by Crippen LogP contribution is 2.32. The largest absolute Gasteiger partial charge is 0.490 e. The molecule has 0 radical (unpaired) electrons. The molecule has 2 aliphatic rings. The third-order valence-corrected chi connectivity index (χ3v) is 4.67. The van der Waals surface area contributed by atoms with Crippen molar-refractivity contribution < 1.29 is 14.3 Å². The number of carbonyl (C=O) groups is 1. The predicted octanol–water partition coefficient (Wildman–Crippen LogP) is 2.96. The standard InChI is InChI=1S/C17H21N3O3S/c1-2-22-15-9-12(10-18-20-17-19-16(21)11-24-17)7-8-14(15)23-13-5-3-4-6-13/h7-10,13H,2-6,11H2,1H3,(H,19,20,21). The Labute approximate surface area is 145 Å². The molecule has 0 unspecified atom stereocenters. The lowest BCUT2D eigenvalue weighted by Gasteiger charge is -2.16. The molecule has 1 aromatic rings. The first kappa shape index (κ1) is 16.8. The van der Waals surface area contributed by atoms with Crippen LogP contribution in [-0.2, 0) is 4.79 Å². The van der Waals surface area contributed by atoms with Crippen molar-refractivity contribution in [2.24, 2.45) is 10.2 Å². The Kier molecular flexibility index (Phi) is 5.74. The summed E-state index contributed by atoms with van der Waals surface area (Å²) in [5.41, 5.74) is 0.871. The van der Waals surface area contributed by atoms with Crippen molar-refractivity contribution in [3.05, 3.63) is 23.8 Å². The van der Waals surface area contributed by atoms with Crippen molar-refractivity contribution in [1.29, 1.82) is 0 Å². The predicted molar refractivity (Wildman–Crippen MR) is 96.1 cm³/mol. The van der Waals surface area contributed by atoms with Crippen LogP contribution in [0.25, 0.3) is 0 Å². The minimum atomic E-state index is -0.0407. The van der Waals surface area contributed by atoms with Gasteiger partial charge in [0.05, 0.1) is 24.7 Å². The zero-order chi connectivity index (χ0) is 16.8. The number of amides is 1. The highest BCUT2D eigenvalue weighted by Gasteiger charge is 2.18. The van der Waals surface area contributed by atoms with E-state index in [1.165, 1.54) is 24.6 Å². The fourth-order valence-corrected chi connectivity index (χ4v) is 3.31. The van der Waals surface area contributed by atoms with E-state index in [0.29, 0.717) is 17.5 Å². The van der Waals surface area contributed by atoms with Crippen LogP contribution in [0.15, 0.2) is 28.4 Å². The van der Waals surface area contributed by atoms with Crippen LogP contribution in [0.4, 0.5) is 0 Å². The summed E-state index contributed by atoms with van der Waals surface area (Å²) in [4.78, 5) is 11.1. The Morgan fingerprint density at radius 3 is 2.88 bits per heavy atom. The van der Waals surface area contributed by atoms with Gasteiger partial charge in [0.15, 0.2) is 16.7 Å². The molecule has 3 rings (SSSR count). The van der Waals surface area contributed by atoms with Crippen LogP contribution in [0, 0.1) is 0 Å². The van der Waals surface area contributed by atoms with Gasteiger partial charge in [-0.15, -0.1) is 5.10 Å². The van der Waals surface area contributed by atoms with Crippen molar-refractivity contribution in [2.45, 2.75) is 38.7 Å². The van der Waals surface area contributed by atoms with Crippen molar-refractivity contribution >= 4 is 29.1 Å². The number of thioether (sulfide) groups is 1. The molecule has 7 heteroatoms. The lowest BCUT2D eigenvalue weighted by Crippen LogP contribution is -2.19. The second-order valence-corrected chi connectivity index (χ2v) is 6.61. The van der Waals surface area contributed by atoms with Gasteiger partial charge < -0.3 is 14.8 Å². The van der Waals surface area contributed by atoms with Crippen molar-refractivity contribution in [3.8, 4) is 11.5 Å². The molecular formula is C17H21N3O3S. The van der Waals surface area contributed by atoms with Crippen LogP contribution in [-0.4, -0.2) is 35.8 Å². The molecular weight excluding hydrogens is 326 g/mol. The molecule has 0 bridgehead atoms. The maximum atomic E-state index is 11.1. The van der Waals surface area contributed by atoms with E-state index >= 15 is 0 Å². The number of carbonyl (C=O) groups excluding carboxylic acids is 1. The van der Waals surface area contributed by atoms with Crippen LogP contribution in [0.5, 0.6) is 11.5 Å². The maximum absolute atomic E-state index is 11.1. The molecule has 128 valence electrons. The van der Waals surface area contributed by atoms with Gasteiger partial charge in [-0.25, -0.2) is 0 Å². The van der Waals surface area contributed by atoms with Gasteiger partial charge >= 0.3 is 0 Å². The lowest BCUT2D eigenvalue weighted by atomic mass is 10.2. The van der Waals surface area contributed by atoms with Crippen molar-refractivity contribution in [3.63, 3.8) is 0 Å². The van der Waals surface area contributed by atoms with E-state index in [4.69, 9.17) is 9.47 Å². The molecule has 1 aromatic carbocycles. The topological polar surface area (TPSA) is 72.3 Å². The van der Waals surface area contributed by atoms with Gasteiger partial charge in [-0.1, -0.05) is 11.8 Å². The minimum absolute atomic E-state index is 0.0407. The molecule has 1 amide bonds. The molecule has 1 aliphatic carbocycles. The molecule has 1 aliphatic heterocycles. The van der Waals surface area contributed by atoms with Gasteiger partial charge in [-0.2, -0.15) is 5.10 Å². The molecule has 0 atom stereocenters. The second kappa shape index (κ2) is 8.19. The number of hydrogen-bond donors (Lipinski definition) is 1. The molecule has 24 heavy (non-hydrogen) atoms. The maximum Gasteiger partial charge on any atom is 0.236 e. The third kappa shape index (κ3) is 4.50. The van der Waals surface area contributed by atoms with Crippen LogP contribution < -0.4 is 14.8 Å². The normalized spacial score (nSPS) is 20.0. The van der Waals surface area contributed by atoms with E-state index in [0.717, 1.165) is 29.9 Å². The summed E-state index contributed by atoms with van der Waals surface area (Å²) in [5, 5.41) is 11.2. The van der Waals surface area contributed by atoms with E-state index in [1.54, 1.807) is 6.21 Å². The Morgan fingerprint density at radius 2 is 2.17 bits per heavy atom. The van der Waals surface area contributed by atoms with E-state index in [2.05, 4.69) is 15.5 Å². The van der Waals surface area contributed by atoms with E-state index < -0.39 is 0 Å². The number of nitrogens with one attached hydrogen (secondary N) is 1. The molecule has 0 aromatic heterocycles. The van der Waals surface area contributed by atoms with Crippen LogP contribution in [0.3, 0.4) is 0 Å². The summed E-state index contributed by atoms with van der Waals surface area (Å²) in [6.07, 6.45) is 6.60. The fourth-order valence-electron chi connectivity index (χ4n) is 2.68. The fraction of sp³-hybridized carbons (Fsp3) is 0.471. The first-order chi connectivity index (χ1) is 11.7. The van der Waals surface area contributed by atoms with Gasteiger partial charge in [-0.05, 0) is 56.4 Å². The Hall–Kier alpha value is -2.02. The summed E-state index contributed by atoms with van der Waals surface area (Å²) < 4.78 is 11.8. The Bertz CT molecular complexity index is 654. The highest BCUT2D eigenvalue weighted by molar-refractivity contribution is 8.15. The summed E-state index contributed by atoms with van der Waals surface area (Å²) in [5.74, 6) is 1.87. The van der Waals surface area contributed by atoms with Gasteiger partial charge in [0.2, 0.25) is 5.91 Å². The van der Waals surface area contributed by atoms with E-state index in [9.17, 15) is 4.79 Å². The molecule has 1 saturated heterocycles. The number of hydrogen-bond acceptors (Lipinski definition) is 6. The van der Waals surface area contributed by atoms with Crippen molar-refractivity contribution in [1.82, 2.24) is 5.32 Å². The average Bonchev–Trinajstić information content (AvgIpc) is 3.22. The van der Waals surface area contributed by atoms with Crippen LogP contribution in [0.2, 0.25) is 0 Å². The zero-order valence-corrected chi connectivity index (χ0v) is 14.5.